The van der Waals surface area contributed by atoms with Crippen LogP contribution in [0.1, 0.15) is 16.0 Å². The molecule has 0 aliphatic rings. The van der Waals surface area contributed by atoms with Crippen molar-refractivity contribution in [2.45, 2.75) is 13.3 Å². The third-order valence-corrected chi connectivity index (χ3v) is 0.413. The topological polar surface area (TPSA) is 57.2 Å². The van der Waals surface area contributed by atoms with Crippen LogP contribution >= 0.6 is 0 Å². The zero-order chi connectivity index (χ0) is 7.44. The molecule has 0 amide bonds. The van der Waals surface area contributed by atoms with Gasteiger partial charge in [-0.15, -0.1) is 0 Å². The van der Waals surface area contributed by atoms with Crippen molar-refractivity contribution in [2.24, 2.45) is 0 Å². The van der Waals surface area contributed by atoms with E-state index in [1.54, 1.807) is 0 Å². The van der Waals surface area contributed by atoms with E-state index in [9.17, 15) is 14.7 Å². The van der Waals surface area contributed by atoms with Gasteiger partial charge in [0.05, 0.1) is 0 Å². The molecule has 0 rings (SSSR count). The number of carbonyl (C=O) groups excluding carboxylic acids is 2. The van der Waals surface area contributed by atoms with Crippen molar-refractivity contribution < 1.29 is 47.0 Å². The van der Waals surface area contributed by atoms with Crippen LogP contribution < -0.4 is 34.7 Å². The number of rotatable bonds is 2. The molecule has 0 atom stereocenters. The summed E-state index contributed by atoms with van der Waals surface area (Å²) in [7, 11) is 0. The molecule has 4 heteroatoms. The Morgan fingerprint density at radius 2 is 2.25 bits per heavy atom. The predicted molar refractivity (Wildman–Crippen MR) is 20.3 cm³/mol. The number of carboxylic acid groups (broad SMARTS) is 1. The van der Waals surface area contributed by atoms with Crippen LogP contribution in [0.25, 0.3) is 0 Å². The van der Waals surface area contributed by atoms with Crippen molar-refractivity contribution in [3.05, 3.63) is 0 Å². The monoisotopic (exact) mass is 127 g/mol. The van der Waals surface area contributed by atoms with Crippen molar-refractivity contribution in [1.29, 1.82) is 0 Å². The summed E-state index contributed by atoms with van der Waals surface area (Å²) in [6.45, 7) is -1.41. The van der Waals surface area contributed by atoms with Crippen LogP contribution in [0.5, 0.6) is 0 Å². The first-order chi connectivity index (χ1) is 4.04. The summed E-state index contributed by atoms with van der Waals surface area (Å²) in [6, 6.07) is 0. The molecule has 0 spiro atoms. The smallest absolute Gasteiger partial charge is 0.542 e. The van der Waals surface area contributed by atoms with Gasteiger partial charge >= 0.3 is 29.6 Å². The van der Waals surface area contributed by atoms with Gasteiger partial charge < -0.3 is 9.90 Å². The van der Waals surface area contributed by atoms with Gasteiger partial charge in [-0.05, 0) is 0 Å². The second-order valence-corrected chi connectivity index (χ2v) is 0.915. The Labute approximate surface area is 72.2 Å². The summed E-state index contributed by atoms with van der Waals surface area (Å²) >= 11 is 0. The maximum absolute atomic E-state index is 10.1. The Morgan fingerprint density at radius 3 is 2.38 bits per heavy atom. The minimum atomic E-state index is -1.82. The molecular weight excluding hydrogens is 120 g/mol. The van der Waals surface area contributed by atoms with Crippen LogP contribution in [0.3, 0.4) is 0 Å². The zero-order valence-corrected chi connectivity index (χ0v) is 6.51. The first kappa shape index (κ1) is 6.26. The standard InChI is InChI=1S/C4H6O3.Na/c1-2-3(5)4(6)7;/h2H2,1H3,(H,6,7);/q;+1/p-1/i1+1D2;. The molecule has 0 unspecified atom stereocenters. The Kier molecular flexibility index (Phi) is 4.13. The molecule has 0 aliphatic carbocycles. The molecule has 3 nitrogen and oxygen atoms in total. The minimum Gasteiger partial charge on any atom is -0.542 e. The van der Waals surface area contributed by atoms with E-state index in [0.29, 0.717) is 0 Å². The van der Waals surface area contributed by atoms with E-state index in [-0.39, 0.29) is 29.6 Å². The number of carboxylic acids is 1. The van der Waals surface area contributed by atoms with Gasteiger partial charge in [0.25, 0.3) is 0 Å². The average Bonchev–Trinajstić information content (AvgIpc) is 1.63. The quantitative estimate of drug-likeness (QED) is 0.214. The molecule has 0 saturated carbocycles. The summed E-state index contributed by atoms with van der Waals surface area (Å²) in [6.07, 6.45) is -0.595. The van der Waals surface area contributed by atoms with E-state index < -0.39 is 25.0 Å². The SMILES string of the molecule is [2H][13CH]([2H])CC(=O)C(=O)[O-].[Na+]. The molecule has 0 saturated heterocycles. The summed E-state index contributed by atoms with van der Waals surface area (Å²) in [5.41, 5.74) is 0. The number of carbonyl (C=O) groups is 2. The van der Waals surface area contributed by atoms with Crippen molar-refractivity contribution in [2.75, 3.05) is 0 Å². The van der Waals surface area contributed by atoms with Gasteiger partial charge in [0, 0.05) is 9.16 Å². The molecule has 40 valence electrons. The summed E-state index contributed by atoms with van der Waals surface area (Å²) in [5, 5.41) is 9.61. The van der Waals surface area contributed by atoms with Crippen LogP contribution in [-0.2, 0) is 9.59 Å². The Bertz CT molecular complexity index is 136. The van der Waals surface area contributed by atoms with Gasteiger partial charge in [-0.2, -0.15) is 0 Å². The molecule has 0 fully saturated rings. The van der Waals surface area contributed by atoms with Crippen LogP contribution in [0, 0.1) is 0 Å². The first-order valence-electron chi connectivity index (χ1n) is 2.78. The molecule has 0 heterocycles. The number of aliphatic carboxylic acids is 1. The van der Waals surface area contributed by atoms with Crippen molar-refractivity contribution >= 4 is 11.8 Å². The van der Waals surface area contributed by atoms with Crippen molar-refractivity contribution in [3.63, 3.8) is 0 Å². The second-order valence-electron chi connectivity index (χ2n) is 0.915. The van der Waals surface area contributed by atoms with Gasteiger partial charge in [-0.25, -0.2) is 0 Å². The second kappa shape index (κ2) is 5.28. The number of Topliss-reactive ketones (excluding diaryl/α,β-unsaturated/α-hetero) is 1. The minimum absolute atomic E-state index is 0. The Balaban J connectivity index is 0. The summed E-state index contributed by atoms with van der Waals surface area (Å²) < 4.78 is 12.9. The fourth-order valence-electron chi connectivity index (χ4n) is 0.0833. The van der Waals surface area contributed by atoms with Gasteiger partial charge in [0.2, 0.25) is 0 Å². The Morgan fingerprint density at radius 1 is 1.75 bits per heavy atom. The third kappa shape index (κ3) is 4.30. The maximum atomic E-state index is 10.1. The van der Waals surface area contributed by atoms with Crippen molar-refractivity contribution in [3.8, 4) is 0 Å². The average molecular weight is 127 g/mol. The van der Waals surface area contributed by atoms with Crippen LogP contribution in [0.15, 0.2) is 0 Å². The number of hydrogen-bond acceptors (Lipinski definition) is 3. The molecular formula is C4H5NaO3. The van der Waals surface area contributed by atoms with E-state index in [4.69, 9.17) is 2.74 Å². The first-order valence-corrected chi connectivity index (χ1v) is 1.62. The molecule has 0 N–H and O–H groups in total. The van der Waals surface area contributed by atoms with Crippen LogP contribution in [-0.4, -0.2) is 11.8 Å². The third-order valence-electron chi connectivity index (χ3n) is 0.413. The normalized spacial score (nSPS) is 11.1. The molecule has 0 bridgehead atoms. The van der Waals surface area contributed by atoms with E-state index >= 15 is 0 Å². The van der Waals surface area contributed by atoms with Gasteiger partial charge in [-0.3, -0.25) is 4.79 Å². The zero-order valence-electron chi connectivity index (χ0n) is 6.51. The van der Waals surface area contributed by atoms with Gasteiger partial charge in [0.1, 0.15) is 5.97 Å². The molecule has 0 radical (unpaired) electrons. The predicted octanol–water partition coefficient (Wildman–Crippen LogP) is -4.28. The molecule has 8 heavy (non-hydrogen) atoms. The number of ketones is 1. The molecule has 0 aromatic rings. The maximum Gasteiger partial charge on any atom is 1.00 e. The fourth-order valence-corrected chi connectivity index (χ4v) is 0.0833. The van der Waals surface area contributed by atoms with E-state index in [0.717, 1.165) is 0 Å². The molecule has 0 aromatic heterocycles. The van der Waals surface area contributed by atoms with E-state index in [2.05, 4.69) is 0 Å². The van der Waals surface area contributed by atoms with Crippen LogP contribution in [0.4, 0.5) is 0 Å². The van der Waals surface area contributed by atoms with Gasteiger partial charge in [-0.1, -0.05) is 6.88 Å². The van der Waals surface area contributed by atoms with E-state index in [1.807, 2.05) is 0 Å². The Hall–Kier alpha value is 0.140. The largest absolute Gasteiger partial charge is 1.00 e. The summed E-state index contributed by atoms with van der Waals surface area (Å²) in [5.74, 6) is -3.01. The van der Waals surface area contributed by atoms with Crippen LogP contribution in [0.2, 0.25) is 0 Å². The fraction of sp³-hybridized carbons (Fsp3) is 0.500. The summed E-state index contributed by atoms with van der Waals surface area (Å²) in [4.78, 5) is 19.7. The van der Waals surface area contributed by atoms with Gasteiger partial charge in [0.15, 0.2) is 5.78 Å². The number of hydrogen-bond donors (Lipinski definition) is 0. The van der Waals surface area contributed by atoms with Crippen molar-refractivity contribution in [1.82, 2.24) is 0 Å². The molecule has 0 aliphatic heterocycles. The van der Waals surface area contributed by atoms with E-state index in [1.165, 1.54) is 0 Å². The molecule has 0 aromatic carbocycles.